The van der Waals surface area contributed by atoms with Gasteiger partial charge in [0.05, 0.1) is 17.2 Å². The summed E-state index contributed by atoms with van der Waals surface area (Å²) < 4.78 is 0. The SMILES string of the molecule is O=C(C=C1CCCC1)NCC(O)CNC(=O)c1cccc2ccc(=O)[nH]c12. The number of allylic oxidation sites excluding steroid dienone is 1. The van der Waals surface area contributed by atoms with Gasteiger partial charge in [0.25, 0.3) is 5.91 Å². The van der Waals surface area contributed by atoms with E-state index in [2.05, 4.69) is 15.6 Å². The highest BCUT2D eigenvalue weighted by molar-refractivity contribution is 6.05. The van der Waals surface area contributed by atoms with Crippen LogP contribution in [0.3, 0.4) is 0 Å². The molecule has 1 atom stereocenters. The molecule has 1 aromatic carbocycles. The van der Waals surface area contributed by atoms with E-state index in [9.17, 15) is 19.5 Å². The van der Waals surface area contributed by atoms with Gasteiger partial charge in [-0.2, -0.15) is 0 Å². The predicted octanol–water partition coefficient (Wildman–Crippen LogP) is 1.24. The zero-order chi connectivity index (χ0) is 19.2. The molecule has 0 spiro atoms. The molecule has 0 radical (unpaired) electrons. The average molecular weight is 369 g/mol. The summed E-state index contributed by atoms with van der Waals surface area (Å²) in [5.41, 5.74) is 1.63. The van der Waals surface area contributed by atoms with Crippen LogP contribution in [0.4, 0.5) is 0 Å². The van der Waals surface area contributed by atoms with Crippen LogP contribution in [0.2, 0.25) is 0 Å². The predicted molar refractivity (Wildman–Crippen MR) is 102 cm³/mol. The molecule has 1 saturated carbocycles. The minimum Gasteiger partial charge on any atom is -0.389 e. The number of amides is 2. The van der Waals surface area contributed by atoms with Gasteiger partial charge in [0.2, 0.25) is 11.5 Å². The van der Waals surface area contributed by atoms with E-state index in [0.29, 0.717) is 11.1 Å². The van der Waals surface area contributed by atoms with Crippen molar-refractivity contribution >= 4 is 22.7 Å². The number of fused-ring (bicyclic) bond motifs is 1. The first kappa shape index (κ1) is 18.8. The van der Waals surface area contributed by atoms with Gasteiger partial charge in [-0.15, -0.1) is 0 Å². The first-order valence-corrected chi connectivity index (χ1v) is 9.08. The van der Waals surface area contributed by atoms with Crippen LogP contribution in [-0.4, -0.2) is 41.1 Å². The number of H-pyrrole nitrogens is 1. The molecular formula is C20H23N3O4. The second-order valence-corrected chi connectivity index (χ2v) is 6.71. The summed E-state index contributed by atoms with van der Waals surface area (Å²) in [7, 11) is 0. The van der Waals surface area contributed by atoms with E-state index in [-0.39, 0.29) is 24.6 Å². The Morgan fingerprint density at radius 1 is 1.11 bits per heavy atom. The quantitative estimate of drug-likeness (QED) is 0.574. The molecule has 3 rings (SSSR count). The first-order valence-electron chi connectivity index (χ1n) is 9.08. The Hall–Kier alpha value is -2.93. The van der Waals surface area contributed by atoms with Crippen molar-refractivity contribution in [2.75, 3.05) is 13.1 Å². The van der Waals surface area contributed by atoms with Crippen molar-refractivity contribution in [3.8, 4) is 0 Å². The highest BCUT2D eigenvalue weighted by Crippen LogP contribution is 2.23. The maximum absolute atomic E-state index is 12.4. The number of carbonyl (C=O) groups excluding carboxylic acids is 2. The summed E-state index contributed by atoms with van der Waals surface area (Å²) in [5.74, 6) is -0.621. The minimum absolute atomic E-state index is 0.0108. The molecular weight excluding hydrogens is 346 g/mol. The fourth-order valence-corrected chi connectivity index (χ4v) is 3.17. The maximum Gasteiger partial charge on any atom is 0.253 e. The number of benzene rings is 1. The zero-order valence-corrected chi connectivity index (χ0v) is 15.0. The molecule has 142 valence electrons. The third-order valence-corrected chi connectivity index (χ3v) is 4.59. The molecule has 1 fully saturated rings. The number of aromatic nitrogens is 1. The second kappa shape index (κ2) is 8.64. The summed E-state index contributed by atoms with van der Waals surface area (Å²) in [6.45, 7) is 0.0401. The normalized spacial score (nSPS) is 14.8. The number of hydrogen-bond donors (Lipinski definition) is 4. The Balaban J connectivity index is 1.53. The van der Waals surface area contributed by atoms with Gasteiger partial charge in [0, 0.05) is 25.2 Å². The number of nitrogens with one attached hydrogen (secondary N) is 3. The summed E-state index contributed by atoms with van der Waals surface area (Å²) in [5, 5.41) is 16.0. The first-order chi connectivity index (χ1) is 13.0. The van der Waals surface area contributed by atoms with Crippen molar-refractivity contribution in [1.29, 1.82) is 0 Å². The Labute approximate surface area is 156 Å². The van der Waals surface area contributed by atoms with E-state index in [1.165, 1.54) is 6.07 Å². The van der Waals surface area contributed by atoms with E-state index < -0.39 is 12.0 Å². The Morgan fingerprint density at radius 2 is 1.85 bits per heavy atom. The van der Waals surface area contributed by atoms with Crippen molar-refractivity contribution in [3.63, 3.8) is 0 Å². The van der Waals surface area contributed by atoms with Crippen LogP contribution in [0, 0.1) is 0 Å². The van der Waals surface area contributed by atoms with Crippen LogP contribution >= 0.6 is 0 Å². The van der Waals surface area contributed by atoms with E-state index >= 15 is 0 Å². The summed E-state index contributed by atoms with van der Waals surface area (Å²) in [6, 6.07) is 8.18. The van der Waals surface area contributed by atoms with Crippen LogP contribution in [0.15, 0.2) is 46.8 Å². The molecule has 0 aliphatic heterocycles. The molecule has 0 bridgehead atoms. The number of pyridine rings is 1. The Kier molecular flexibility index (Phi) is 6.03. The molecule has 4 N–H and O–H groups in total. The highest BCUT2D eigenvalue weighted by Gasteiger charge is 2.14. The average Bonchev–Trinajstić information content (AvgIpc) is 3.16. The largest absolute Gasteiger partial charge is 0.389 e. The van der Waals surface area contributed by atoms with Crippen LogP contribution in [0.1, 0.15) is 36.0 Å². The maximum atomic E-state index is 12.4. The minimum atomic E-state index is -0.908. The highest BCUT2D eigenvalue weighted by atomic mass is 16.3. The fraction of sp³-hybridized carbons (Fsp3) is 0.350. The van der Waals surface area contributed by atoms with Gasteiger partial charge >= 0.3 is 0 Å². The summed E-state index contributed by atoms with van der Waals surface area (Å²) in [4.78, 5) is 38.4. The van der Waals surface area contributed by atoms with Gasteiger partial charge in [0.1, 0.15) is 0 Å². The van der Waals surface area contributed by atoms with Crippen LogP contribution in [0.25, 0.3) is 10.9 Å². The third-order valence-electron chi connectivity index (χ3n) is 4.59. The number of aliphatic hydroxyl groups excluding tert-OH is 1. The Bertz CT molecular complexity index is 924. The van der Waals surface area contributed by atoms with E-state index in [0.717, 1.165) is 36.6 Å². The molecule has 27 heavy (non-hydrogen) atoms. The molecule has 2 amide bonds. The number of carbonyl (C=O) groups is 2. The smallest absolute Gasteiger partial charge is 0.253 e. The Morgan fingerprint density at radius 3 is 2.63 bits per heavy atom. The van der Waals surface area contributed by atoms with E-state index in [1.807, 2.05) is 0 Å². The number of aromatic amines is 1. The summed E-state index contributed by atoms with van der Waals surface area (Å²) >= 11 is 0. The molecule has 2 aromatic rings. The van der Waals surface area contributed by atoms with Crippen molar-refractivity contribution in [2.24, 2.45) is 0 Å². The van der Waals surface area contributed by atoms with Gasteiger partial charge in [-0.25, -0.2) is 0 Å². The molecule has 7 heteroatoms. The molecule has 1 heterocycles. The lowest BCUT2D eigenvalue weighted by molar-refractivity contribution is -0.117. The van der Waals surface area contributed by atoms with Crippen LogP contribution in [0.5, 0.6) is 0 Å². The second-order valence-electron chi connectivity index (χ2n) is 6.71. The van der Waals surface area contributed by atoms with Crippen molar-refractivity contribution in [3.05, 3.63) is 57.9 Å². The third kappa shape index (κ3) is 5.04. The van der Waals surface area contributed by atoms with E-state index in [4.69, 9.17) is 0 Å². The van der Waals surface area contributed by atoms with Gasteiger partial charge < -0.3 is 20.7 Å². The van der Waals surface area contributed by atoms with Crippen molar-refractivity contribution < 1.29 is 14.7 Å². The van der Waals surface area contributed by atoms with E-state index in [1.54, 1.807) is 30.3 Å². The van der Waals surface area contributed by atoms with Crippen molar-refractivity contribution in [2.45, 2.75) is 31.8 Å². The number of rotatable bonds is 6. The molecule has 1 aromatic heterocycles. The number of para-hydroxylation sites is 1. The molecule has 1 aliphatic rings. The monoisotopic (exact) mass is 369 g/mol. The molecule has 1 aliphatic carbocycles. The number of hydrogen-bond acceptors (Lipinski definition) is 4. The molecule has 7 nitrogen and oxygen atoms in total. The summed E-state index contributed by atoms with van der Waals surface area (Å²) in [6.07, 6.45) is 4.85. The molecule has 0 saturated heterocycles. The lowest BCUT2D eigenvalue weighted by atomic mass is 10.1. The number of aliphatic hydroxyl groups is 1. The van der Waals surface area contributed by atoms with Gasteiger partial charge in [-0.3, -0.25) is 14.4 Å². The topological polar surface area (TPSA) is 111 Å². The standard InChI is InChI=1S/C20H23N3O4/c24-15(11-21-18(26)10-13-4-1-2-5-13)12-22-20(27)16-7-3-6-14-8-9-17(25)23-19(14)16/h3,6-10,15,24H,1-2,4-5,11-12H2,(H,21,26)(H,22,27)(H,23,25). The lowest BCUT2D eigenvalue weighted by Gasteiger charge is -2.13. The van der Waals surface area contributed by atoms with Crippen LogP contribution < -0.4 is 16.2 Å². The lowest BCUT2D eigenvalue weighted by Crippen LogP contribution is -2.39. The fourth-order valence-electron chi connectivity index (χ4n) is 3.17. The van der Waals surface area contributed by atoms with Gasteiger partial charge in [-0.1, -0.05) is 17.7 Å². The van der Waals surface area contributed by atoms with Gasteiger partial charge in [0.15, 0.2) is 0 Å². The molecule has 1 unspecified atom stereocenters. The van der Waals surface area contributed by atoms with Crippen LogP contribution in [-0.2, 0) is 4.79 Å². The van der Waals surface area contributed by atoms with Crippen molar-refractivity contribution in [1.82, 2.24) is 15.6 Å². The van der Waals surface area contributed by atoms with Gasteiger partial charge in [-0.05, 0) is 43.2 Å². The zero-order valence-electron chi connectivity index (χ0n) is 15.0.